The molecule has 1 aliphatic rings. The molecule has 0 radical (unpaired) electrons. The van der Waals surface area contributed by atoms with Crippen LogP contribution in [0.25, 0.3) is 0 Å². The van der Waals surface area contributed by atoms with E-state index in [1.165, 1.54) is 0 Å². The molecule has 24 heavy (non-hydrogen) atoms. The zero-order valence-electron chi connectivity index (χ0n) is 12.8. The summed E-state index contributed by atoms with van der Waals surface area (Å²) in [6, 6.07) is 19.4. The summed E-state index contributed by atoms with van der Waals surface area (Å²) >= 11 is 0. The average molecular weight is 317 g/mol. The molecule has 0 fully saturated rings. The molecule has 0 saturated carbocycles. The first-order valence-corrected chi connectivity index (χ1v) is 7.73. The van der Waals surface area contributed by atoms with Crippen molar-refractivity contribution in [2.75, 3.05) is 0 Å². The van der Waals surface area contributed by atoms with Crippen LogP contribution in [0.1, 0.15) is 28.7 Å². The minimum Gasteiger partial charge on any atom is -0.459 e. The smallest absolute Gasteiger partial charge is 0.293 e. The third-order valence-electron chi connectivity index (χ3n) is 4.27. The molecule has 4 nitrogen and oxygen atoms in total. The Morgan fingerprint density at radius 3 is 2.08 bits per heavy atom. The van der Waals surface area contributed by atoms with Crippen LogP contribution in [0.15, 0.2) is 73.1 Å². The second kappa shape index (κ2) is 6.16. The summed E-state index contributed by atoms with van der Waals surface area (Å²) in [5.74, 6) is 1.43. The summed E-state index contributed by atoms with van der Waals surface area (Å²) in [7, 11) is 0. The Labute approximate surface area is 139 Å². The van der Waals surface area contributed by atoms with E-state index in [9.17, 15) is 4.79 Å². The minimum absolute atomic E-state index is 0.140. The van der Waals surface area contributed by atoms with Gasteiger partial charge in [0.1, 0.15) is 17.6 Å². The molecule has 1 aromatic heterocycles. The van der Waals surface area contributed by atoms with E-state index >= 15 is 0 Å². The zero-order chi connectivity index (χ0) is 16.4. The van der Waals surface area contributed by atoms with Crippen molar-refractivity contribution < 1.29 is 14.3 Å². The van der Waals surface area contributed by atoms with E-state index in [1.807, 2.05) is 60.7 Å². The van der Waals surface area contributed by atoms with Gasteiger partial charge in [-0.05, 0) is 29.8 Å². The molecule has 118 valence electrons. The fourth-order valence-electron chi connectivity index (χ4n) is 3.24. The number of benzene rings is 2. The molecule has 3 aromatic rings. The standard InChI is InChI=1S/C20H15NO3/c22-13-23-20(14-9-11-21-12-10-14)19-15-5-1-3-7-17(15)24-18-8-4-2-6-16(18)19/h1-13,19-20H. The number of pyridine rings is 1. The number of rotatable bonds is 4. The highest BCUT2D eigenvalue weighted by Crippen LogP contribution is 2.50. The van der Waals surface area contributed by atoms with Crippen molar-refractivity contribution in [3.63, 3.8) is 0 Å². The van der Waals surface area contributed by atoms with E-state index in [0.29, 0.717) is 6.47 Å². The maximum absolute atomic E-state index is 11.2. The van der Waals surface area contributed by atoms with Gasteiger partial charge in [0.05, 0.1) is 5.92 Å². The van der Waals surface area contributed by atoms with Crippen LogP contribution >= 0.6 is 0 Å². The van der Waals surface area contributed by atoms with Gasteiger partial charge in [0.2, 0.25) is 0 Å². The topological polar surface area (TPSA) is 48.4 Å². The Bertz CT molecular complexity index is 818. The normalized spacial score (nSPS) is 14.0. The predicted molar refractivity (Wildman–Crippen MR) is 88.9 cm³/mol. The van der Waals surface area contributed by atoms with Crippen molar-refractivity contribution in [3.8, 4) is 11.5 Å². The molecule has 1 unspecified atom stereocenters. The van der Waals surface area contributed by atoms with Gasteiger partial charge in [-0.2, -0.15) is 0 Å². The highest BCUT2D eigenvalue weighted by molar-refractivity contribution is 5.55. The van der Waals surface area contributed by atoms with Crippen LogP contribution in [-0.2, 0) is 9.53 Å². The molecular formula is C20H15NO3. The number of hydrogen-bond donors (Lipinski definition) is 0. The number of aromatic nitrogens is 1. The quantitative estimate of drug-likeness (QED) is 0.676. The van der Waals surface area contributed by atoms with Crippen molar-refractivity contribution in [2.24, 2.45) is 0 Å². The molecule has 4 heteroatoms. The van der Waals surface area contributed by atoms with Crippen LogP contribution in [0.4, 0.5) is 0 Å². The highest BCUT2D eigenvalue weighted by Gasteiger charge is 2.35. The first-order chi connectivity index (χ1) is 11.9. The van der Waals surface area contributed by atoms with Gasteiger partial charge in [-0.25, -0.2) is 0 Å². The van der Waals surface area contributed by atoms with E-state index < -0.39 is 6.10 Å². The van der Waals surface area contributed by atoms with Crippen molar-refractivity contribution >= 4 is 6.47 Å². The second-order valence-corrected chi connectivity index (χ2v) is 5.59. The number of carbonyl (C=O) groups is 1. The summed E-state index contributed by atoms with van der Waals surface area (Å²) in [5.41, 5.74) is 2.90. The number of nitrogens with zero attached hydrogens (tertiary/aromatic N) is 1. The first kappa shape index (κ1) is 14.5. The Hall–Kier alpha value is -3.14. The number of para-hydroxylation sites is 2. The molecule has 0 spiro atoms. The molecule has 2 heterocycles. The SMILES string of the molecule is O=COC(c1ccncc1)C1c2ccccc2Oc2ccccc21. The zero-order valence-corrected chi connectivity index (χ0v) is 12.8. The molecule has 0 bridgehead atoms. The molecule has 0 saturated heterocycles. The van der Waals surface area contributed by atoms with E-state index in [-0.39, 0.29) is 5.92 Å². The monoisotopic (exact) mass is 317 g/mol. The van der Waals surface area contributed by atoms with Gasteiger partial charge >= 0.3 is 0 Å². The molecule has 1 atom stereocenters. The minimum atomic E-state index is -0.448. The molecule has 2 aromatic carbocycles. The van der Waals surface area contributed by atoms with E-state index in [2.05, 4.69) is 4.98 Å². The third kappa shape index (κ3) is 2.42. The van der Waals surface area contributed by atoms with Crippen molar-refractivity contribution in [2.45, 2.75) is 12.0 Å². The molecular weight excluding hydrogens is 302 g/mol. The van der Waals surface area contributed by atoms with Gasteiger partial charge in [-0.15, -0.1) is 0 Å². The van der Waals surface area contributed by atoms with Gasteiger partial charge in [-0.1, -0.05) is 36.4 Å². The van der Waals surface area contributed by atoms with Crippen LogP contribution in [0.3, 0.4) is 0 Å². The summed E-state index contributed by atoms with van der Waals surface area (Å²) in [6.07, 6.45) is 2.96. The Morgan fingerprint density at radius 2 is 1.50 bits per heavy atom. The first-order valence-electron chi connectivity index (χ1n) is 7.73. The van der Waals surface area contributed by atoms with E-state index in [0.717, 1.165) is 28.2 Å². The van der Waals surface area contributed by atoms with Crippen molar-refractivity contribution in [3.05, 3.63) is 89.7 Å². The van der Waals surface area contributed by atoms with Gasteiger partial charge < -0.3 is 9.47 Å². The van der Waals surface area contributed by atoms with E-state index in [1.54, 1.807) is 12.4 Å². The third-order valence-corrected chi connectivity index (χ3v) is 4.27. The molecule has 0 amide bonds. The summed E-state index contributed by atoms with van der Waals surface area (Å²) in [6.45, 7) is 0.506. The van der Waals surface area contributed by atoms with Crippen LogP contribution in [0, 0.1) is 0 Å². The molecule has 0 aliphatic carbocycles. The number of hydrogen-bond acceptors (Lipinski definition) is 4. The second-order valence-electron chi connectivity index (χ2n) is 5.59. The summed E-state index contributed by atoms with van der Waals surface area (Å²) < 4.78 is 11.5. The van der Waals surface area contributed by atoms with Crippen molar-refractivity contribution in [1.29, 1.82) is 0 Å². The Kier molecular flexibility index (Phi) is 3.71. The lowest BCUT2D eigenvalue weighted by Crippen LogP contribution is -2.19. The lowest BCUT2D eigenvalue weighted by Gasteiger charge is -2.32. The largest absolute Gasteiger partial charge is 0.459 e. The number of ether oxygens (including phenoxy) is 2. The highest BCUT2D eigenvalue weighted by atomic mass is 16.5. The lowest BCUT2D eigenvalue weighted by atomic mass is 9.81. The number of fused-ring (bicyclic) bond motifs is 2. The summed E-state index contributed by atoms with van der Waals surface area (Å²) in [4.78, 5) is 15.2. The Morgan fingerprint density at radius 1 is 0.917 bits per heavy atom. The fourth-order valence-corrected chi connectivity index (χ4v) is 3.24. The Balaban J connectivity index is 1.90. The van der Waals surface area contributed by atoms with Gasteiger partial charge in [-0.3, -0.25) is 9.78 Å². The molecule has 1 aliphatic heterocycles. The van der Waals surface area contributed by atoms with Crippen LogP contribution < -0.4 is 4.74 Å². The fraction of sp³-hybridized carbons (Fsp3) is 0.100. The van der Waals surface area contributed by atoms with Crippen LogP contribution in [0.2, 0.25) is 0 Å². The van der Waals surface area contributed by atoms with Crippen LogP contribution in [-0.4, -0.2) is 11.5 Å². The predicted octanol–water partition coefficient (Wildman–Crippen LogP) is 4.23. The van der Waals surface area contributed by atoms with E-state index in [4.69, 9.17) is 9.47 Å². The molecule has 0 N–H and O–H groups in total. The number of carbonyl (C=O) groups excluding carboxylic acids is 1. The molecule has 4 rings (SSSR count). The maximum atomic E-state index is 11.2. The van der Waals surface area contributed by atoms with Gasteiger partial charge in [0.15, 0.2) is 0 Å². The van der Waals surface area contributed by atoms with Crippen molar-refractivity contribution in [1.82, 2.24) is 4.98 Å². The maximum Gasteiger partial charge on any atom is 0.293 e. The average Bonchev–Trinajstić information content (AvgIpc) is 2.65. The van der Waals surface area contributed by atoms with Gasteiger partial charge in [0, 0.05) is 23.5 Å². The van der Waals surface area contributed by atoms with Crippen LogP contribution in [0.5, 0.6) is 11.5 Å². The lowest BCUT2D eigenvalue weighted by molar-refractivity contribution is -0.134. The summed E-state index contributed by atoms with van der Waals surface area (Å²) in [5, 5.41) is 0. The van der Waals surface area contributed by atoms with Gasteiger partial charge in [0.25, 0.3) is 6.47 Å².